The number of methoxy groups -OCH3 is 1. The summed E-state index contributed by atoms with van der Waals surface area (Å²) in [7, 11) is -2.35. The molecule has 2 rings (SSSR count). The Morgan fingerprint density at radius 3 is 2.91 bits per heavy atom. The van der Waals surface area contributed by atoms with Gasteiger partial charge < -0.3 is 9.47 Å². The molecule has 0 aliphatic carbocycles. The number of ether oxygens (including phenoxy) is 2. The van der Waals surface area contributed by atoms with Crippen molar-refractivity contribution in [1.82, 2.24) is 4.72 Å². The largest absolute Gasteiger partial charge is 0.493 e. The van der Waals surface area contributed by atoms with Crippen molar-refractivity contribution in [2.24, 2.45) is 5.92 Å². The Morgan fingerprint density at radius 1 is 1.45 bits per heavy atom. The number of carbonyl (C=O) groups is 1. The molecule has 0 saturated carbocycles. The van der Waals surface area contributed by atoms with E-state index in [0.29, 0.717) is 18.8 Å². The summed E-state index contributed by atoms with van der Waals surface area (Å²) in [5, 5.41) is 0. The minimum absolute atomic E-state index is 0.292. The highest BCUT2D eigenvalue weighted by atomic mass is 32.2. The van der Waals surface area contributed by atoms with Gasteiger partial charge >= 0.3 is 5.97 Å². The Hall–Kier alpha value is -1.60. The van der Waals surface area contributed by atoms with Crippen LogP contribution in [-0.2, 0) is 19.6 Å². The second kappa shape index (κ2) is 7.11. The van der Waals surface area contributed by atoms with E-state index in [1.165, 1.54) is 14.0 Å². The third kappa shape index (κ3) is 4.20. The zero-order valence-corrected chi connectivity index (χ0v) is 13.6. The van der Waals surface area contributed by atoms with E-state index >= 15 is 0 Å². The first kappa shape index (κ1) is 16.8. The van der Waals surface area contributed by atoms with E-state index in [2.05, 4.69) is 9.46 Å². The first-order chi connectivity index (χ1) is 10.4. The van der Waals surface area contributed by atoms with Gasteiger partial charge in [0.05, 0.1) is 31.4 Å². The van der Waals surface area contributed by atoms with E-state index in [0.717, 1.165) is 12.0 Å². The lowest BCUT2D eigenvalue weighted by Gasteiger charge is -2.19. The van der Waals surface area contributed by atoms with Crippen molar-refractivity contribution < 1.29 is 22.7 Å². The third-order valence-corrected chi connectivity index (χ3v) is 5.17. The normalized spacial score (nSPS) is 19.5. The van der Waals surface area contributed by atoms with Gasteiger partial charge in [-0.25, -0.2) is 13.1 Å². The van der Waals surface area contributed by atoms with Crippen molar-refractivity contribution in [3.8, 4) is 5.75 Å². The molecule has 22 heavy (non-hydrogen) atoms. The van der Waals surface area contributed by atoms with Gasteiger partial charge in [0.15, 0.2) is 0 Å². The molecule has 0 saturated heterocycles. The molecular formula is C15H21NO5S. The summed E-state index contributed by atoms with van der Waals surface area (Å²) in [4.78, 5) is 11.4. The third-order valence-electron chi connectivity index (χ3n) is 3.58. The van der Waals surface area contributed by atoms with Crippen LogP contribution in [0.3, 0.4) is 0 Å². The zero-order valence-electron chi connectivity index (χ0n) is 12.7. The molecule has 0 bridgehead atoms. The molecule has 1 aromatic carbocycles. The number of hydrogen-bond acceptors (Lipinski definition) is 5. The topological polar surface area (TPSA) is 81.7 Å². The maximum atomic E-state index is 12.3. The standard InChI is InChI=1S/C15H21NO5S/c1-11(15(17)20-2)10-22(18,19)16-13-7-5-9-21-14-8-4-3-6-12(13)14/h3-4,6,8,11,13,16H,5,7,9-10H2,1-2H3. The van der Waals surface area contributed by atoms with E-state index in [1.54, 1.807) is 0 Å². The van der Waals surface area contributed by atoms with Gasteiger partial charge in [-0.3, -0.25) is 4.79 Å². The molecule has 0 radical (unpaired) electrons. The molecule has 0 amide bonds. The molecule has 122 valence electrons. The molecule has 0 fully saturated rings. The van der Waals surface area contributed by atoms with Crippen molar-refractivity contribution in [1.29, 1.82) is 0 Å². The SMILES string of the molecule is COC(=O)C(C)CS(=O)(=O)NC1CCCOc2ccccc21. The van der Waals surface area contributed by atoms with Gasteiger partial charge in [-0.15, -0.1) is 0 Å². The van der Waals surface area contributed by atoms with Crippen LogP contribution in [0.2, 0.25) is 0 Å². The molecule has 0 aromatic heterocycles. The molecule has 1 aliphatic rings. The molecule has 1 aliphatic heterocycles. The van der Waals surface area contributed by atoms with Gasteiger partial charge in [-0.05, 0) is 18.9 Å². The predicted octanol–water partition coefficient (Wildman–Crippen LogP) is 1.63. The molecular weight excluding hydrogens is 306 g/mol. The Bertz CT molecular complexity index is 629. The van der Waals surface area contributed by atoms with Crippen molar-refractivity contribution in [2.75, 3.05) is 19.5 Å². The lowest BCUT2D eigenvalue weighted by atomic mass is 10.0. The number of carbonyl (C=O) groups excluding carboxylic acids is 1. The summed E-state index contributed by atoms with van der Waals surface area (Å²) < 4.78 is 37.5. The van der Waals surface area contributed by atoms with E-state index in [9.17, 15) is 13.2 Å². The summed E-state index contributed by atoms with van der Waals surface area (Å²) >= 11 is 0. The Morgan fingerprint density at radius 2 is 2.18 bits per heavy atom. The number of hydrogen-bond donors (Lipinski definition) is 1. The summed E-state index contributed by atoms with van der Waals surface area (Å²) in [5.74, 6) is -0.831. The van der Waals surface area contributed by atoms with Crippen molar-refractivity contribution in [3.05, 3.63) is 29.8 Å². The molecule has 2 unspecified atom stereocenters. The monoisotopic (exact) mass is 327 g/mol. The summed E-state index contributed by atoms with van der Waals surface area (Å²) in [6, 6.07) is 7.06. The summed E-state index contributed by atoms with van der Waals surface area (Å²) in [6.07, 6.45) is 1.41. The van der Waals surface area contributed by atoms with Crippen molar-refractivity contribution in [2.45, 2.75) is 25.8 Å². The maximum Gasteiger partial charge on any atom is 0.309 e. The summed E-state index contributed by atoms with van der Waals surface area (Å²) in [6.45, 7) is 2.10. The Kier molecular flexibility index (Phi) is 5.42. The van der Waals surface area contributed by atoms with E-state index < -0.39 is 21.9 Å². The minimum Gasteiger partial charge on any atom is -0.493 e. The van der Waals surface area contributed by atoms with E-state index in [1.807, 2.05) is 24.3 Å². The zero-order chi connectivity index (χ0) is 16.2. The van der Waals surface area contributed by atoms with Crippen LogP contribution in [0, 0.1) is 5.92 Å². The maximum absolute atomic E-state index is 12.3. The number of esters is 1. The van der Waals surface area contributed by atoms with Crippen LogP contribution in [-0.4, -0.2) is 33.9 Å². The highest BCUT2D eigenvalue weighted by molar-refractivity contribution is 7.89. The quantitative estimate of drug-likeness (QED) is 0.831. The van der Waals surface area contributed by atoms with Crippen molar-refractivity contribution >= 4 is 16.0 Å². The average Bonchev–Trinajstić information content (AvgIpc) is 2.68. The second-order valence-corrected chi connectivity index (χ2v) is 7.20. The Labute approximate surface area is 130 Å². The summed E-state index contributed by atoms with van der Waals surface area (Å²) in [5.41, 5.74) is 0.828. The first-order valence-electron chi connectivity index (χ1n) is 7.22. The first-order valence-corrected chi connectivity index (χ1v) is 8.87. The minimum atomic E-state index is -3.60. The molecule has 6 nitrogen and oxygen atoms in total. The van der Waals surface area contributed by atoms with Crippen LogP contribution in [0.1, 0.15) is 31.4 Å². The second-order valence-electron chi connectivity index (χ2n) is 5.40. The van der Waals surface area contributed by atoms with Crippen LogP contribution < -0.4 is 9.46 Å². The fraction of sp³-hybridized carbons (Fsp3) is 0.533. The molecule has 7 heteroatoms. The number of fused-ring (bicyclic) bond motifs is 1. The van der Waals surface area contributed by atoms with Crippen LogP contribution >= 0.6 is 0 Å². The van der Waals surface area contributed by atoms with Gasteiger partial charge in [0, 0.05) is 5.56 Å². The number of sulfonamides is 1. The number of para-hydroxylation sites is 1. The van der Waals surface area contributed by atoms with Gasteiger partial charge in [-0.2, -0.15) is 0 Å². The number of benzene rings is 1. The smallest absolute Gasteiger partial charge is 0.309 e. The predicted molar refractivity (Wildman–Crippen MR) is 82.0 cm³/mol. The highest BCUT2D eigenvalue weighted by Crippen LogP contribution is 2.31. The number of rotatable bonds is 5. The molecule has 2 atom stereocenters. The Balaban J connectivity index is 2.14. The highest BCUT2D eigenvalue weighted by Gasteiger charge is 2.27. The molecule has 1 aromatic rings. The van der Waals surface area contributed by atoms with Crippen LogP contribution in [0.25, 0.3) is 0 Å². The van der Waals surface area contributed by atoms with Gasteiger partial charge in [0.25, 0.3) is 0 Å². The van der Waals surface area contributed by atoms with Crippen LogP contribution in [0.5, 0.6) is 5.75 Å². The van der Waals surface area contributed by atoms with E-state index in [-0.39, 0.29) is 11.8 Å². The molecule has 0 spiro atoms. The lowest BCUT2D eigenvalue weighted by molar-refractivity contribution is -0.144. The fourth-order valence-electron chi connectivity index (χ4n) is 2.51. The van der Waals surface area contributed by atoms with Crippen LogP contribution in [0.4, 0.5) is 0 Å². The molecule has 1 N–H and O–H groups in total. The van der Waals surface area contributed by atoms with Crippen molar-refractivity contribution in [3.63, 3.8) is 0 Å². The average molecular weight is 327 g/mol. The number of nitrogens with one attached hydrogen (secondary N) is 1. The van der Waals surface area contributed by atoms with Gasteiger partial charge in [0.2, 0.25) is 10.0 Å². The van der Waals surface area contributed by atoms with Crippen LogP contribution in [0.15, 0.2) is 24.3 Å². The fourth-order valence-corrected chi connectivity index (χ4v) is 4.08. The lowest BCUT2D eigenvalue weighted by Crippen LogP contribution is -2.34. The van der Waals surface area contributed by atoms with Gasteiger partial charge in [-0.1, -0.05) is 25.1 Å². The molecule has 1 heterocycles. The van der Waals surface area contributed by atoms with E-state index in [4.69, 9.17) is 4.74 Å². The van der Waals surface area contributed by atoms with Gasteiger partial charge in [0.1, 0.15) is 5.75 Å².